The Hall–Kier alpha value is -1.54. The Labute approximate surface area is 134 Å². The minimum atomic E-state index is 0.397. The zero-order chi connectivity index (χ0) is 14.4. The normalized spacial score (nSPS) is 26.1. The van der Waals surface area contributed by atoms with Gasteiger partial charge in [-0.3, -0.25) is 0 Å². The van der Waals surface area contributed by atoms with E-state index in [2.05, 4.69) is 82.8 Å². The maximum Gasteiger partial charge on any atom is 0.0553 e. The quantitative estimate of drug-likeness (QED) is 0.668. The first-order valence-corrected chi connectivity index (χ1v) is 8.31. The van der Waals surface area contributed by atoms with E-state index < -0.39 is 0 Å². The van der Waals surface area contributed by atoms with Crippen LogP contribution in [0.1, 0.15) is 35.1 Å². The number of hydrogen-bond acceptors (Lipinski definition) is 1. The Bertz CT molecular complexity index is 702. The second kappa shape index (κ2) is 5.03. The van der Waals surface area contributed by atoms with Crippen LogP contribution in [0.15, 0.2) is 59.1 Å². The van der Waals surface area contributed by atoms with E-state index in [9.17, 15) is 0 Å². The van der Waals surface area contributed by atoms with E-state index in [1.807, 2.05) is 0 Å². The highest BCUT2D eigenvalue weighted by Gasteiger charge is 2.37. The van der Waals surface area contributed by atoms with Crippen molar-refractivity contribution in [2.45, 2.75) is 25.3 Å². The molecule has 2 aromatic rings. The molecule has 1 aliphatic carbocycles. The fraction of sp³-hybridized carbons (Fsp3) is 0.263. The SMILES string of the molecule is Cc1ccc2c(c1)C1C=CCC1C(c1ccc(Br)cc1)N2. The molecular formula is C19H18BrN. The van der Waals surface area contributed by atoms with Crippen molar-refractivity contribution in [1.29, 1.82) is 0 Å². The molecular weight excluding hydrogens is 322 g/mol. The van der Waals surface area contributed by atoms with Crippen LogP contribution >= 0.6 is 15.9 Å². The molecule has 0 bridgehead atoms. The summed E-state index contributed by atoms with van der Waals surface area (Å²) in [7, 11) is 0. The lowest BCUT2D eigenvalue weighted by Crippen LogP contribution is -2.29. The molecule has 1 aliphatic heterocycles. The molecule has 4 rings (SSSR count). The van der Waals surface area contributed by atoms with Crippen LogP contribution in [0.3, 0.4) is 0 Å². The second-order valence-corrected chi connectivity index (χ2v) is 7.03. The molecule has 106 valence electrons. The molecule has 2 heteroatoms. The fourth-order valence-electron chi connectivity index (χ4n) is 3.71. The largest absolute Gasteiger partial charge is 0.378 e. The van der Waals surface area contributed by atoms with E-state index in [4.69, 9.17) is 0 Å². The number of nitrogens with one attached hydrogen (secondary N) is 1. The van der Waals surface area contributed by atoms with Crippen LogP contribution in [0.2, 0.25) is 0 Å². The van der Waals surface area contributed by atoms with Gasteiger partial charge in [0.25, 0.3) is 0 Å². The van der Waals surface area contributed by atoms with Crippen molar-refractivity contribution in [3.63, 3.8) is 0 Å². The van der Waals surface area contributed by atoms with Gasteiger partial charge in [-0.2, -0.15) is 0 Å². The second-order valence-electron chi connectivity index (χ2n) is 6.12. The van der Waals surface area contributed by atoms with Crippen molar-refractivity contribution < 1.29 is 0 Å². The number of rotatable bonds is 1. The molecule has 2 aromatic carbocycles. The molecule has 0 aromatic heterocycles. The van der Waals surface area contributed by atoms with Crippen LogP contribution < -0.4 is 5.32 Å². The minimum Gasteiger partial charge on any atom is -0.378 e. The zero-order valence-electron chi connectivity index (χ0n) is 12.0. The summed E-state index contributed by atoms with van der Waals surface area (Å²) in [4.78, 5) is 0. The summed E-state index contributed by atoms with van der Waals surface area (Å²) >= 11 is 3.53. The van der Waals surface area contributed by atoms with Crippen molar-refractivity contribution in [3.8, 4) is 0 Å². The van der Waals surface area contributed by atoms with Gasteiger partial charge in [-0.15, -0.1) is 0 Å². The van der Waals surface area contributed by atoms with Crippen molar-refractivity contribution in [3.05, 3.63) is 75.8 Å². The first-order valence-electron chi connectivity index (χ1n) is 7.51. The van der Waals surface area contributed by atoms with Gasteiger partial charge < -0.3 is 5.32 Å². The fourth-order valence-corrected chi connectivity index (χ4v) is 3.98. The van der Waals surface area contributed by atoms with Gasteiger partial charge in [0, 0.05) is 16.1 Å². The van der Waals surface area contributed by atoms with Gasteiger partial charge in [0.05, 0.1) is 6.04 Å². The predicted octanol–water partition coefficient (Wildman–Crippen LogP) is 5.58. The smallest absolute Gasteiger partial charge is 0.0553 e. The average Bonchev–Trinajstić information content (AvgIpc) is 2.97. The third-order valence-corrected chi connectivity index (χ3v) is 5.28. The molecule has 0 amide bonds. The Kier molecular flexibility index (Phi) is 3.15. The van der Waals surface area contributed by atoms with Crippen molar-refractivity contribution in [2.75, 3.05) is 5.32 Å². The molecule has 3 unspecified atom stereocenters. The summed E-state index contributed by atoms with van der Waals surface area (Å²) in [6.45, 7) is 2.18. The number of halogens is 1. The van der Waals surface area contributed by atoms with Gasteiger partial charge >= 0.3 is 0 Å². The molecule has 1 heterocycles. The molecule has 0 radical (unpaired) electrons. The predicted molar refractivity (Wildman–Crippen MR) is 91.7 cm³/mol. The van der Waals surface area contributed by atoms with Gasteiger partial charge in [0.2, 0.25) is 0 Å². The van der Waals surface area contributed by atoms with Crippen LogP contribution in [0, 0.1) is 12.8 Å². The first kappa shape index (κ1) is 13.1. The van der Waals surface area contributed by atoms with Crippen molar-refractivity contribution in [1.82, 2.24) is 0 Å². The van der Waals surface area contributed by atoms with Crippen LogP contribution in [-0.2, 0) is 0 Å². The maximum absolute atomic E-state index is 3.78. The first-order chi connectivity index (χ1) is 10.2. The van der Waals surface area contributed by atoms with Crippen LogP contribution in [0.4, 0.5) is 5.69 Å². The summed E-state index contributed by atoms with van der Waals surface area (Å²) in [5.74, 6) is 1.18. The van der Waals surface area contributed by atoms with Gasteiger partial charge in [-0.25, -0.2) is 0 Å². The number of aryl methyl sites for hydroxylation is 1. The Morgan fingerprint density at radius 2 is 1.90 bits per heavy atom. The molecule has 0 saturated heterocycles. The highest BCUT2D eigenvalue weighted by atomic mass is 79.9. The maximum atomic E-state index is 3.78. The lowest BCUT2D eigenvalue weighted by atomic mass is 9.77. The summed E-state index contributed by atoms with van der Waals surface area (Å²) in [6, 6.07) is 15.9. The van der Waals surface area contributed by atoms with Crippen molar-refractivity contribution >= 4 is 21.6 Å². The summed E-state index contributed by atoms with van der Waals surface area (Å²) < 4.78 is 1.14. The molecule has 0 spiro atoms. The van der Waals surface area contributed by atoms with E-state index >= 15 is 0 Å². The molecule has 0 saturated carbocycles. The molecule has 2 aliphatic rings. The van der Waals surface area contributed by atoms with Gasteiger partial charge in [-0.1, -0.05) is 57.9 Å². The molecule has 0 fully saturated rings. The molecule has 21 heavy (non-hydrogen) atoms. The summed E-state index contributed by atoms with van der Waals surface area (Å²) in [5, 5.41) is 3.78. The third-order valence-electron chi connectivity index (χ3n) is 4.75. The van der Waals surface area contributed by atoms with E-state index in [-0.39, 0.29) is 0 Å². The van der Waals surface area contributed by atoms with Crippen LogP contribution in [-0.4, -0.2) is 0 Å². The standard InChI is InChI=1S/C19H18BrN/c1-12-5-10-18-17(11-12)15-3-2-4-16(15)19(21-18)13-6-8-14(20)9-7-13/h2-3,5-11,15-16,19,21H,4H2,1H3. The highest BCUT2D eigenvalue weighted by molar-refractivity contribution is 9.10. The molecule has 1 nitrogen and oxygen atoms in total. The average molecular weight is 340 g/mol. The highest BCUT2D eigenvalue weighted by Crippen LogP contribution is 2.49. The van der Waals surface area contributed by atoms with Crippen LogP contribution in [0.5, 0.6) is 0 Å². The number of anilines is 1. The Morgan fingerprint density at radius 1 is 1.10 bits per heavy atom. The monoisotopic (exact) mass is 339 g/mol. The van der Waals surface area contributed by atoms with Crippen LogP contribution in [0.25, 0.3) is 0 Å². The summed E-state index contributed by atoms with van der Waals surface area (Å²) in [5.41, 5.74) is 5.48. The van der Waals surface area contributed by atoms with Gasteiger partial charge in [0.1, 0.15) is 0 Å². The van der Waals surface area contributed by atoms with E-state index in [0.29, 0.717) is 17.9 Å². The topological polar surface area (TPSA) is 12.0 Å². The van der Waals surface area contributed by atoms with Gasteiger partial charge in [0.15, 0.2) is 0 Å². The Balaban J connectivity index is 1.78. The molecule has 1 N–H and O–H groups in total. The number of allylic oxidation sites excluding steroid dienone is 2. The van der Waals surface area contributed by atoms with Gasteiger partial charge in [-0.05, 0) is 48.6 Å². The summed E-state index contributed by atoms with van der Waals surface area (Å²) in [6.07, 6.45) is 5.90. The lowest BCUT2D eigenvalue weighted by Gasteiger charge is -2.37. The van der Waals surface area contributed by atoms with E-state index in [1.54, 1.807) is 0 Å². The minimum absolute atomic E-state index is 0.397. The number of hydrogen-bond donors (Lipinski definition) is 1. The lowest BCUT2D eigenvalue weighted by molar-refractivity contribution is 0.425. The Morgan fingerprint density at radius 3 is 2.71 bits per heavy atom. The number of benzene rings is 2. The third kappa shape index (κ3) is 2.22. The molecule has 3 atom stereocenters. The van der Waals surface area contributed by atoms with E-state index in [0.717, 1.165) is 10.9 Å². The van der Waals surface area contributed by atoms with E-state index in [1.165, 1.54) is 22.4 Å². The number of fused-ring (bicyclic) bond motifs is 3. The van der Waals surface area contributed by atoms with Crippen molar-refractivity contribution in [2.24, 2.45) is 5.92 Å². The zero-order valence-corrected chi connectivity index (χ0v) is 13.6.